The normalized spacial score (nSPS) is 17.2. The second-order valence-electron chi connectivity index (χ2n) is 5.90. The van der Waals surface area contributed by atoms with Crippen LogP contribution in [0, 0.1) is 12.8 Å². The van der Waals surface area contributed by atoms with E-state index in [1.165, 1.54) is 12.1 Å². The highest BCUT2D eigenvalue weighted by molar-refractivity contribution is 9.10. The maximum Gasteiger partial charge on any atom is 0.536 e. The van der Waals surface area contributed by atoms with Gasteiger partial charge in [-0.2, -0.15) is 21.6 Å². The number of aryl methyl sites for hydroxylation is 1. The number of aromatic nitrogens is 1. The second kappa shape index (κ2) is 7.53. The zero-order valence-corrected chi connectivity index (χ0v) is 15.7. The van der Waals surface area contributed by atoms with Crippen LogP contribution in [0.3, 0.4) is 0 Å². The van der Waals surface area contributed by atoms with Gasteiger partial charge in [0.25, 0.3) is 5.56 Å². The van der Waals surface area contributed by atoms with Gasteiger partial charge in [-0.3, -0.25) is 9.08 Å². The highest BCUT2D eigenvalue weighted by atomic mass is 79.9. The number of halogens is 4. The number of allylic oxidation sites excluding steroid dienone is 1. The number of pyridine rings is 1. The van der Waals surface area contributed by atoms with Gasteiger partial charge in [0.05, 0.1) is 10.2 Å². The first kappa shape index (κ1) is 20.0. The summed E-state index contributed by atoms with van der Waals surface area (Å²) < 4.78 is 64.5. The fraction of sp³-hybridized carbons (Fsp3) is 0.533. The lowest BCUT2D eigenvalue weighted by molar-refractivity contribution is -0.0550. The summed E-state index contributed by atoms with van der Waals surface area (Å²) in [6.45, 7) is 1.58. The summed E-state index contributed by atoms with van der Waals surface area (Å²) in [6, 6.07) is 1.39. The molecule has 10 heteroatoms. The van der Waals surface area contributed by atoms with Crippen LogP contribution >= 0.6 is 15.9 Å². The number of hydrogen-bond donors (Lipinski definition) is 0. The lowest BCUT2D eigenvalue weighted by Gasteiger charge is -2.18. The monoisotopic (exact) mass is 443 g/mol. The van der Waals surface area contributed by atoms with Gasteiger partial charge < -0.3 is 0 Å². The molecular formula is C15H17BrF3NO4S. The van der Waals surface area contributed by atoms with Crippen molar-refractivity contribution in [3.8, 4) is 0 Å². The lowest BCUT2D eigenvalue weighted by atomic mass is 9.89. The molecule has 0 atom stereocenters. The molecule has 1 aromatic rings. The average molecular weight is 444 g/mol. The van der Waals surface area contributed by atoms with E-state index in [-0.39, 0.29) is 20.8 Å². The largest absolute Gasteiger partial charge is 0.536 e. The Morgan fingerprint density at radius 3 is 2.44 bits per heavy atom. The molecule has 0 unspecified atom stereocenters. The number of rotatable bonds is 4. The summed E-state index contributed by atoms with van der Waals surface area (Å²) >= 11 is 2.94. The predicted octanol–water partition coefficient (Wildman–Crippen LogP) is 3.79. The summed E-state index contributed by atoms with van der Waals surface area (Å²) in [7, 11) is -5.96. The number of nitrogens with zero attached hydrogens (tertiary/aromatic N) is 1. The van der Waals surface area contributed by atoms with E-state index < -0.39 is 21.2 Å². The van der Waals surface area contributed by atoms with Crippen LogP contribution in [0.25, 0.3) is 6.08 Å². The van der Waals surface area contributed by atoms with Crippen molar-refractivity contribution in [3.05, 3.63) is 38.2 Å². The Balaban J connectivity index is 2.45. The van der Waals surface area contributed by atoms with Crippen molar-refractivity contribution < 1.29 is 25.9 Å². The summed E-state index contributed by atoms with van der Waals surface area (Å²) in [5.41, 5.74) is -6.26. The van der Waals surface area contributed by atoms with Crippen LogP contribution < -0.4 is 9.84 Å². The first-order chi connectivity index (χ1) is 11.5. The smallest absolute Gasteiger partial charge is 0.277 e. The minimum Gasteiger partial charge on any atom is -0.277 e. The van der Waals surface area contributed by atoms with Gasteiger partial charge in [-0.25, -0.2) is 0 Å². The van der Waals surface area contributed by atoms with Gasteiger partial charge in [0, 0.05) is 0 Å². The van der Waals surface area contributed by atoms with Gasteiger partial charge in [0.1, 0.15) is 0 Å². The van der Waals surface area contributed by atoms with E-state index in [4.69, 9.17) is 0 Å². The maximum atomic E-state index is 12.6. The summed E-state index contributed by atoms with van der Waals surface area (Å²) in [5, 5.41) is 0. The van der Waals surface area contributed by atoms with Crippen LogP contribution in [-0.4, -0.2) is 18.7 Å². The maximum absolute atomic E-state index is 12.6. The Bertz CT molecular complexity index is 824. The number of alkyl halides is 3. The highest BCUT2D eigenvalue weighted by Crippen LogP contribution is 2.26. The second-order valence-corrected chi connectivity index (χ2v) is 8.21. The van der Waals surface area contributed by atoms with E-state index in [0.717, 1.165) is 32.1 Å². The molecule has 2 rings (SSSR count). The molecule has 140 valence electrons. The van der Waals surface area contributed by atoms with E-state index in [0.29, 0.717) is 5.56 Å². The van der Waals surface area contributed by atoms with Crippen LogP contribution in [0.15, 0.2) is 21.4 Å². The van der Waals surface area contributed by atoms with Crippen molar-refractivity contribution in [3.63, 3.8) is 0 Å². The molecule has 0 saturated heterocycles. The molecule has 0 amide bonds. The first-order valence-corrected chi connectivity index (χ1v) is 9.84. The van der Waals surface area contributed by atoms with Gasteiger partial charge in [-0.15, -0.1) is 4.73 Å². The molecule has 1 aliphatic carbocycles. The number of hydrogen-bond acceptors (Lipinski definition) is 4. The third-order valence-corrected chi connectivity index (χ3v) is 5.84. The van der Waals surface area contributed by atoms with E-state index in [9.17, 15) is 26.4 Å². The van der Waals surface area contributed by atoms with Gasteiger partial charge >= 0.3 is 15.6 Å². The topological polar surface area (TPSA) is 65.4 Å². The molecule has 0 radical (unpaired) electrons. The molecule has 1 heterocycles. The third-order valence-electron chi connectivity index (χ3n) is 3.96. The lowest BCUT2D eigenvalue weighted by Crippen LogP contribution is -2.39. The summed E-state index contributed by atoms with van der Waals surface area (Å²) in [4.78, 5) is 12.2. The van der Waals surface area contributed by atoms with Crippen molar-refractivity contribution in [2.75, 3.05) is 0 Å². The quantitative estimate of drug-likeness (QED) is 0.663. The molecule has 1 saturated carbocycles. The van der Waals surface area contributed by atoms with Crippen LogP contribution in [-0.2, 0) is 10.1 Å². The minimum absolute atomic E-state index is 0.0656. The van der Waals surface area contributed by atoms with Crippen molar-refractivity contribution >= 4 is 32.1 Å². The molecule has 1 aliphatic rings. The summed E-state index contributed by atoms with van der Waals surface area (Å²) in [6.07, 6.45) is 8.35. The van der Waals surface area contributed by atoms with Gasteiger partial charge in [0.2, 0.25) is 0 Å². The van der Waals surface area contributed by atoms with Gasteiger partial charge in [0.15, 0.2) is 0 Å². The standard InChI is InChI=1S/C15H17BrF3NO4S/c1-10-9-12(8-7-11-5-3-2-4-6-11)20(14(21)13(10)16)24-25(22,23)15(17,18)19/h7-9,11H,2-6H2,1H3. The summed E-state index contributed by atoms with van der Waals surface area (Å²) in [5.74, 6) is 0.237. The van der Waals surface area contributed by atoms with Crippen LogP contribution in [0.1, 0.15) is 43.4 Å². The van der Waals surface area contributed by atoms with E-state index in [2.05, 4.69) is 20.2 Å². The fourth-order valence-electron chi connectivity index (χ4n) is 2.61. The predicted molar refractivity (Wildman–Crippen MR) is 90.3 cm³/mol. The molecule has 5 nitrogen and oxygen atoms in total. The SMILES string of the molecule is Cc1cc(C=CC2CCCCC2)n(OS(=O)(=O)C(F)(F)F)c(=O)c1Br. The molecule has 1 fully saturated rings. The van der Waals surface area contributed by atoms with E-state index >= 15 is 0 Å². The molecule has 0 N–H and O–H groups in total. The molecule has 0 aliphatic heterocycles. The fourth-order valence-corrected chi connectivity index (χ4v) is 3.32. The van der Waals surface area contributed by atoms with E-state index in [1.807, 2.05) is 0 Å². The van der Waals surface area contributed by atoms with Gasteiger partial charge in [-0.05, 0) is 59.3 Å². The molecular weight excluding hydrogens is 427 g/mol. The van der Waals surface area contributed by atoms with Crippen molar-refractivity contribution in [1.82, 2.24) is 4.73 Å². The van der Waals surface area contributed by atoms with Crippen LogP contribution in [0.4, 0.5) is 13.2 Å². The molecule has 25 heavy (non-hydrogen) atoms. The highest BCUT2D eigenvalue weighted by Gasteiger charge is 2.49. The minimum atomic E-state index is -5.96. The molecule has 0 spiro atoms. The third kappa shape index (κ3) is 4.66. The van der Waals surface area contributed by atoms with Gasteiger partial charge in [-0.1, -0.05) is 25.3 Å². The van der Waals surface area contributed by atoms with Crippen molar-refractivity contribution in [2.24, 2.45) is 5.92 Å². The zero-order chi connectivity index (χ0) is 18.8. The Hall–Kier alpha value is -1.29. The van der Waals surface area contributed by atoms with Crippen molar-refractivity contribution in [2.45, 2.75) is 44.5 Å². The Kier molecular flexibility index (Phi) is 6.03. The Morgan fingerprint density at radius 2 is 1.88 bits per heavy atom. The average Bonchev–Trinajstić information content (AvgIpc) is 2.54. The van der Waals surface area contributed by atoms with Crippen LogP contribution in [0.2, 0.25) is 0 Å². The Morgan fingerprint density at radius 1 is 1.28 bits per heavy atom. The van der Waals surface area contributed by atoms with Crippen molar-refractivity contribution in [1.29, 1.82) is 0 Å². The molecule has 0 bridgehead atoms. The van der Waals surface area contributed by atoms with E-state index in [1.54, 1.807) is 13.0 Å². The Labute approximate surface area is 151 Å². The zero-order valence-electron chi connectivity index (χ0n) is 13.3. The molecule has 1 aromatic heterocycles. The first-order valence-electron chi connectivity index (χ1n) is 7.64. The van der Waals surface area contributed by atoms with Crippen LogP contribution in [0.5, 0.6) is 0 Å². The molecule has 0 aromatic carbocycles.